The lowest BCUT2D eigenvalue weighted by atomic mass is 10.0. The second-order valence-electron chi connectivity index (χ2n) is 7.60. The smallest absolute Gasteiger partial charge is 0.303 e. The lowest BCUT2D eigenvalue weighted by Crippen LogP contribution is -2.20. The van der Waals surface area contributed by atoms with E-state index < -0.39 is 10.9 Å². The van der Waals surface area contributed by atoms with Gasteiger partial charge in [0.05, 0.1) is 18.8 Å². The molecular weight excluding hydrogens is 424 g/mol. The predicted molar refractivity (Wildman–Crippen MR) is 122 cm³/mol. The van der Waals surface area contributed by atoms with Crippen LogP contribution in [0.15, 0.2) is 12.1 Å². The number of carbonyl (C=O) groups excluding carboxylic acids is 1. The van der Waals surface area contributed by atoms with Gasteiger partial charge in [0.25, 0.3) is 0 Å². The fraction of sp³-hybridized carbons (Fsp3) is 0.636. The molecule has 2 N–H and O–H groups in total. The van der Waals surface area contributed by atoms with E-state index in [0.29, 0.717) is 48.2 Å². The summed E-state index contributed by atoms with van der Waals surface area (Å²) in [5.41, 5.74) is 1.05. The van der Waals surface area contributed by atoms with Gasteiger partial charge in [0.1, 0.15) is 16.4 Å². The average Bonchev–Trinajstić information content (AvgIpc) is 3.06. The lowest BCUT2D eigenvalue weighted by molar-refractivity contribution is -0.137. The van der Waals surface area contributed by atoms with Crippen LogP contribution in [0.5, 0.6) is 11.5 Å². The van der Waals surface area contributed by atoms with Crippen LogP contribution in [0.4, 0.5) is 0 Å². The van der Waals surface area contributed by atoms with E-state index in [1.165, 1.54) is 6.92 Å². The molecule has 1 aliphatic heterocycles. The summed E-state index contributed by atoms with van der Waals surface area (Å²) in [5.74, 6) is 1.66. The van der Waals surface area contributed by atoms with Gasteiger partial charge < -0.3 is 19.7 Å². The number of hydrogen-bond donors (Lipinski definition) is 2. The van der Waals surface area contributed by atoms with E-state index in [1.807, 2.05) is 25.6 Å². The van der Waals surface area contributed by atoms with Gasteiger partial charge in [-0.05, 0) is 51.0 Å². The van der Waals surface area contributed by atoms with Gasteiger partial charge in [-0.15, -0.1) is 11.8 Å². The van der Waals surface area contributed by atoms with Crippen molar-refractivity contribution in [2.45, 2.75) is 63.1 Å². The quantitative estimate of drug-likeness (QED) is 0.324. The van der Waals surface area contributed by atoms with Gasteiger partial charge in [0.15, 0.2) is 5.78 Å². The van der Waals surface area contributed by atoms with Crippen LogP contribution < -0.4 is 4.74 Å². The highest BCUT2D eigenvalue weighted by Crippen LogP contribution is 2.42. The van der Waals surface area contributed by atoms with Gasteiger partial charge in [-0.1, -0.05) is 13.3 Å². The lowest BCUT2D eigenvalue weighted by Gasteiger charge is -2.21. The van der Waals surface area contributed by atoms with Crippen LogP contribution in [0.3, 0.4) is 0 Å². The number of Topliss-reactive ketones (excluding diaryl/α,β-unsaturated/α-hetero) is 1. The SMILES string of the molecule is CCCc1c(OCCCSCC2COC(C)(CCC(=O)O)S2)ccc(C(C)=O)c1O. The van der Waals surface area contributed by atoms with E-state index in [1.54, 1.807) is 23.9 Å². The van der Waals surface area contributed by atoms with E-state index in [2.05, 4.69) is 0 Å². The number of thioether (sulfide) groups is 2. The van der Waals surface area contributed by atoms with E-state index in [0.717, 1.165) is 24.3 Å². The van der Waals surface area contributed by atoms with Crippen LogP contribution >= 0.6 is 23.5 Å². The standard InChI is InChI=1S/C22H32O6S2/c1-4-6-18-19(8-7-17(15(2)23)21(18)26)27-11-5-12-29-14-16-13-28-22(3,30-16)10-9-20(24)25/h7-8,16,26H,4-6,9-14H2,1-3H3,(H,24,25). The third-order valence-corrected chi connectivity index (χ3v) is 7.78. The Hall–Kier alpha value is -1.38. The molecule has 8 heteroatoms. The van der Waals surface area contributed by atoms with Gasteiger partial charge >= 0.3 is 5.97 Å². The minimum atomic E-state index is -0.787. The van der Waals surface area contributed by atoms with Crippen LogP contribution in [-0.4, -0.2) is 56.9 Å². The maximum atomic E-state index is 11.6. The number of phenols is 1. The maximum absolute atomic E-state index is 11.6. The van der Waals surface area contributed by atoms with Crippen molar-refractivity contribution < 1.29 is 29.3 Å². The van der Waals surface area contributed by atoms with Gasteiger partial charge in [0.2, 0.25) is 0 Å². The average molecular weight is 457 g/mol. The molecule has 0 aromatic heterocycles. The van der Waals surface area contributed by atoms with Crippen molar-refractivity contribution in [3.63, 3.8) is 0 Å². The molecule has 0 aliphatic carbocycles. The van der Waals surface area contributed by atoms with Crippen LogP contribution in [0.2, 0.25) is 0 Å². The molecule has 2 atom stereocenters. The minimum absolute atomic E-state index is 0.0421. The Labute approximate surface area is 187 Å². The molecule has 1 saturated heterocycles. The molecule has 0 saturated carbocycles. The number of phenolic OH excluding ortho intramolecular Hbond substituents is 1. The molecule has 6 nitrogen and oxygen atoms in total. The molecule has 168 valence electrons. The number of rotatable bonds is 13. The van der Waals surface area contributed by atoms with Crippen molar-refractivity contribution in [1.29, 1.82) is 0 Å². The topological polar surface area (TPSA) is 93.1 Å². The Morgan fingerprint density at radius 2 is 2.17 bits per heavy atom. The highest BCUT2D eigenvalue weighted by molar-refractivity contribution is 8.04. The van der Waals surface area contributed by atoms with Crippen LogP contribution in [0.1, 0.15) is 62.4 Å². The number of carbonyl (C=O) groups is 2. The molecule has 30 heavy (non-hydrogen) atoms. The summed E-state index contributed by atoms with van der Waals surface area (Å²) in [6.07, 6.45) is 3.05. The minimum Gasteiger partial charge on any atom is -0.507 e. The molecular formula is C22H32O6S2. The van der Waals surface area contributed by atoms with Gasteiger partial charge in [-0.2, -0.15) is 11.8 Å². The predicted octanol–water partition coefficient (Wildman–Crippen LogP) is 4.76. The summed E-state index contributed by atoms with van der Waals surface area (Å²) in [4.78, 5) is 22.0. The summed E-state index contributed by atoms with van der Waals surface area (Å²) in [6.45, 7) is 6.65. The van der Waals surface area contributed by atoms with Crippen LogP contribution in [0, 0.1) is 0 Å². The fourth-order valence-corrected chi connectivity index (χ4v) is 5.93. The van der Waals surface area contributed by atoms with Crippen molar-refractivity contribution in [1.82, 2.24) is 0 Å². The molecule has 1 aromatic carbocycles. The Balaban J connectivity index is 1.72. The Morgan fingerprint density at radius 1 is 1.40 bits per heavy atom. The molecule has 1 fully saturated rings. The van der Waals surface area contributed by atoms with Crippen molar-refractivity contribution in [2.75, 3.05) is 24.7 Å². The number of carboxylic acids is 1. The number of ketones is 1. The molecule has 0 amide bonds. The number of benzene rings is 1. The zero-order chi connectivity index (χ0) is 22.1. The van der Waals surface area contributed by atoms with Gasteiger partial charge in [0, 0.05) is 23.0 Å². The van der Waals surface area contributed by atoms with Gasteiger partial charge in [-0.25, -0.2) is 0 Å². The monoisotopic (exact) mass is 456 g/mol. The number of carboxylic acid groups (broad SMARTS) is 1. The van der Waals surface area contributed by atoms with Crippen molar-refractivity contribution in [3.05, 3.63) is 23.3 Å². The van der Waals surface area contributed by atoms with Crippen LogP contribution in [0.25, 0.3) is 0 Å². The first-order chi connectivity index (χ1) is 14.3. The molecule has 2 unspecified atom stereocenters. The molecule has 1 aliphatic rings. The summed E-state index contributed by atoms with van der Waals surface area (Å²) < 4.78 is 11.7. The first-order valence-corrected chi connectivity index (χ1v) is 12.4. The molecule has 0 radical (unpaired) electrons. The highest BCUT2D eigenvalue weighted by Gasteiger charge is 2.36. The molecule has 0 bridgehead atoms. The largest absolute Gasteiger partial charge is 0.507 e. The third-order valence-electron chi connectivity index (χ3n) is 4.90. The number of aromatic hydroxyl groups is 1. The first kappa shape index (κ1) is 24.9. The number of aliphatic carboxylic acids is 1. The Bertz CT molecular complexity index is 739. The highest BCUT2D eigenvalue weighted by atomic mass is 32.2. The summed E-state index contributed by atoms with van der Waals surface area (Å²) in [5, 5.41) is 19.6. The van der Waals surface area contributed by atoms with Crippen molar-refractivity contribution >= 4 is 35.3 Å². The normalized spacial score (nSPS) is 21.0. The summed E-state index contributed by atoms with van der Waals surface area (Å²) in [7, 11) is 0. The summed E-state index contributed by atoms with van der Waals surface area (Å²) in [6, 6.07) is 3.40. The van der Waals surface area contributed by atoms with Crippen molar-refractivity contribution in [2.24, 2.45) is 0 Å². The van der Waals surface area contributed by atoms with Crippen molar-refractivity contribution in [3.8, 4) is 11.5 Å². The second-order valence-corrected chi connectivity index (χ2v) is 10.5. The zero-order valence-corrected chi connectivity index (χ0v) is 19.6. The van der Waals surface area contributed by atoms with Crippen LogP contribution in [-0.2, 0) is 16.0 Å². The molecule has 1 aromatic rings. The Morgan fingerprint density at radius 3 is 2.83 bits per heavy atom. The third kappa shape index (κ3) is 7.39. The maximum Gasteiger partial charge on any atom is 0.303 e. The number of hydrogen-bond acceptors (Lipinski definition) is 7. The fourth-order valence-electron chi connectivity index (χ4n) is 3.32. The second kappa shape index (κ2) is 11.9. The van der Waals surface area contributed by atoms with Gasteiger partial charge in [-0.3, -0.25) is 9.59 Å². The number of ether oxygens (including phenoxy) is 2. The molecule has 2 rings (SSSR count). The summed E-state index contributed by atoms with van der Waals surface area (Å²) >= 11 is 3.58. The van der Waals surface area contributed by atoms with E-state index in [4.69, 9.17) is 14.6 Å². The Kier molecular flexibility index (Phi) is 9.84. The molecule has 1 heterocycles. The zero-order valence-electron chi connectivity index (χ0n) is 17.9. The van der Waals surface area contributed by atoms with E-state index in [-0.39, 0.29) is 18.0 Å². The molecule has 0 spiro atoms. The first-order valence-electron chi connectivity index (χ1n) is 10.4. The van der Waals surface area contributed by atoms with E-state index >= 15 is 0 Å². The van der Waals surface area contributed by atoms with E-state index in [9.17, 15) is 14.7 Å².